The highest BCUT2D eigenvalue weighted by Crippen LogP contribution is 2.18. The predicted molar refractivity (Wildman–Crippen MR) is 82.1 cm³/mol. The molecule has 1 rings (SSSR count). The molecule has 0 spiro atoms. The van der Waals surface area contributed by atoms with Gasteiger partial charge in [0.25, 0.3) is 5.69 Å². The standard InChI is InChI=1S/C14H22N2O4S/c1-3-10-15-12(2)5-4-11-21(19,20)14-8-6-13(7-9-14)16(17)18/h6-9,12,15H,3-5,10-11H2,1-2H3. The normalized spacial score (nSPS) is 13.0. The Hall–Kier alpha value is -1.47. The molecule has 1 aromatic carbocycles. The second-order valence-electron chi connectivity index (χ2n) is 5.07. The molecule has 1 aromatic rings. The van der Waals surface area contributed by atoms with Crippen LogP contribution in [-0.2, 0) is 9.84 Å². The van der Waals surface area contributed by atoms with Crippen LogP contribution in [0.2, 0.25) is 0 Å². The molecule has 1 atom stereocenters. The lowest BCUT2D eigenvalue weighted by Gasteiger charge is -2.12. The highest BCUT2D eigenvalue weighted by atomic mass is 32.2. The molecule has 0 aromatic heterocycles. The third-order valence-corrected chi connectivity index (χ3v) is 5.02. The minimum absolute atomic E-state index is 0.0585. The molecular weight excluding hydrogens is 292 g/mol. The van der Waals surface area contributed by atoms with Crippen molar-refractivity contribution < 1.29 is 13.3 Å². The lowest BCUT2D eigenvalue weighted by molar-refractivity contribution is -0.384. The van der Waals surface area contributed by atoms with Gasteiger partial charge in [0.05, 0.1) is 15.6 Å². The van der Waals surface area contributed by atoms with Gasteiger partial charge in [-0.2, -0.15) is 0 Å². The van der Waals surface area contributed by atoms with Gasteiger partial charge in [-0.25, -0.2) is 8.42 Å². The van der Waals surface area contributed by atoms with E-state index in [9.17, 15) is 18.5 Å². The number of nitrogens with one attached hydrogen (secondary N) is 1. The summed E-state index contributed by atoms with van der Waals surface area (Å²) in [6, 6.07) is 5.33. The first-order valence-corrected chi connectivity index (χ1v) is 8.72. The SMILES string of the molecule is CCCNC(C)CCCS(=O)(=O)c1ccc([N+](=O)[O-])cc1. The maximum atomic E-state index is 12.1. The van der Waals surface area contributed by atoms with Gasteiger partial charge in [-0.15, -0.1) is 0 Å². The number of nitrogens with zero attached hydrogens (tertiary/aromatic N) is 1. The van der Waals surface area contributed by atoms with Crippen molar-refractivity contribution in [2.24, 2.45) is 0 Å². The van der Waals surface area contributed by atoms with Crippen molar-refractivity contribution in [1.29, 1.82) is 0 Å². The molecule has 6 nitrogen and oxygen atoms in total. The Kier molecular flexibility index (Phi) is 6.77. The summed E-state index contributed by atoms with van der Waals surface area (Å²) in [5, 5.41) is 13.9. The molecule has 118 valence electrons. The number of benzene rings is 1. The predicted octanol–water partition coefficient (Wildman–Crippen LogP) is 2.54. The van der Waals surface area contributed by atoms with Gasteiger partial charge in [-0.3, -0.25) is 10.1 Å². The highest BCUT2D eigenvalue weighted by Gasteiger charge is 2.16. The average Bonchev–Trinajstić information content (AvgIpc) is 2.45. The minimum atomic E-state index is -3.37. The van der Waals surface area contributed by atoms with E-state index in [1.54, 1.807) is 0 Å². The van der Waals surface area contributed by atoms with Crippen LogP contribution in [0.15, 0.2) is 29.2 Å². The Morgan fingerprint density at radius 2 is 1.90 bits per heavy atom. The van der Waals surface area contributed by atoms with Gasteiger partial charge in [0.15, 0.2) is 9.84 Å². The molecular formula is C14H22N2O4S. The topological polar surface area (TPSA) is 89.3 Å². The van der Waals surface area contributed by atoms with Crippen molar-refractivity contribution in [3.8, 4) is 0 Å². The summed E-state index contributed by atoms with van der Waals surface area (Å²) in [4.78, 5) is 10.1. The number of sulfone groups is 1. The van der Waals surface area contributed by atoms with Gasteiger partial charge in [-0.1, -0.05) is 6.92 Å². The van der Waals surface area contributed by atoms with Crippen LogP contribution in [0.25, 0.3) is 0 Å². The Bertz CT molecular complexity index is 555. The fourth-order valence-corrected chi connectivity index (χ4v) is 3.30. The van der Waals surface area contributed by atoms with Crippen LogP contribution in [0, 0.1) is 10.1 Å². The molecule has 0 saturated heterocycles. The van der Waals surface area contributed by atoms with Gasteiger partial charge >= 0.3 is 0 Å². The van der Waals surface area contributed by atoms with Crippen molar-refractivity contribution >= 4 is 15.5 Å². The molecule has 0 fully saturated rings. The number of hydrogen-bond donors (Lipinski definition) is 1. The number of rotatable bonds is 9. The Labute approximate surface area is 125 Å². The monoisotopic (exact) mass is 314 g/mol. The second kappa shape index (κ2) is 8.09. The molecule has 0 aliphatic heterocycles. The van der Waals surface area contributed by atoms with E-state index < -0.39 is 14.8 Å². The number of nitro groups is 1. The van der Waals surface area contributed by atoms with Crippen LogP contribution in [0.3, 0.4) is 0 Å². The maximum absolute atomic E-state index is 12.1. The van der Waals surface area contributed by atoms with E-state index in [2.05, 4.69) is 12.2 Å². The summed E-state index contributed by atoms with van der Waals surface area (Å²) in [5.74, 6) is 0.0585. The minimum Gasteiger partial charge on any atom is -0.314 e. The molecule has 0 heterocycles. The summed E-state index contributed by atoms with van der Waals surface area (Å²) in [7, 11) is -3.37. The first kappa shape index (κ1) is 17.6. The zero-order valence-electron chi connectivity index (χ0n) is 12.4. The second-order valence-corrected chi connectivity index (χ2v) is 7.18. The van der Waals surface area contributed by atoms with Gasteiger partial charge < -0.3 is 5.32 Å². The van der Waals surface area contributed by atoms with E-state index >= 15 is 0 Å². The fourth-order valence-electron chi connectivity index (χ4n) is 1.97. The molecule has 7 heteroatoms. The van der Waals surface area contributed by atoms with Crippen LogP contribution < -0.4 is 5.32 Å². The van der Waals surface area contributed by atoms with Crippen molar-refractivity contribution in [1.82, 2.24) is 5.32 Å². The zero-order chi connectivity index (χ0) is 15.9. The molecule has 1 unspecified atom stereocenters. The van der Waals surface area contributed by atoms with E-state index in [0.29, 0.717) is 6.42 Å². The number of non-ortho nitro benzene ring substituents is 1. The van der Waals surface area contributed by atoms with E-state index in [-0.39, 0.29) is 22.4 Å². The zero-order valence-corrected chi connectivity index (χ0v) is 13.2. The maximum Gasteiger partial charge on any atom is 0.269 e. The first-order valence-electron chi connectivity index (χ1n) is 7.07. The van der Waals surface area contributed by atoms with Crippen molar-refractivity contribution in [3.63, 3.8) is 0 Å². The summed E-state index contributed by atoms with van der Waals surface area (Å²) in [5.41, 5.74) is -0.105. The van der Waals surface area contributed by atoms with E-state index in [1.165, 1.54) is 24.3 Å². The smallest absolute Gasteiger partial charge is 0.269 e. The van der Waals surface area contributed by atoms with Gasteiger partial charge in [0.2, 0.25) is 0 Å². The van der Waals surface area contributed by atoms with Gasteiger partial charge in [0, 0.05) is 18.2 Å². The number of nitro benzene ring substituents is 1. The number of hydrogen-bond acceptors (Lipinski definition) is 5. The molecule has 0 aliphatic rings. The van der Waals surface area contributed by atoms with Gasteiger partial charge in [-0.05, 0) is 44.9 Å². The van der Waals surface area contributed by atoms with E-state index in [4.69, 9.17) is 0 Å². The molecule has 1 N–H and O–H groups in total. The summed E-state index contributed by atoms with van der Waals surface area (Å²) in [6.45, 7) is 5.04. The third-order valence-electron chi connectivity index (χ3n) is 3.20. The van der Waals surface area contributed by atoms with Crippen molar-refractivity contribution in [2.45, 2.75) is 44.0 Å². The first-order chi connectivity index (χ1) is 9.86. The summed E-state index contributed by atoms with van der Waals surface area (Å²) >= 11 is 0. The van der Waals surface area contributed by atoms with E-state index in [0.717, 1.165) is 19.4 Å². The van der Waals surface area contributed by atoms with Crippen LogP contribution in [-0.4, -0.2) is 31.7 Å². The van der Waals surface area contributed by atoms with Crippen LogP contribution in [0.5, 0.6) is 0 Å². The lowest BCUT2D eigenvalue weighted by Crippen LogP contribution is -2.27. The molecule has 0 bridgehead atoms. The summed E-state index contributed by atoms with van der Waals surface area (Å²) in [6.07, 6.45) is 2.40. The molecule has 0 saturated carbocycles. The quantitative estimate of drug-likeness (QED) is 0.559. The largest absolute Gasteiger partial charge is 0.314 e. The highest BCUT2D eigenvalue weighted by molar-refractivity contribution is 7.91. The lowest BCUT2D eigenvalue weighted by atomic mass is 10.2. The van der Waals surface area contributed by atoms with Crippen LogP contribution >= 0.6 is 0 Å². The van der Waals surface area contributed by atoms with E-state index in [1.807, 2.05) is 6.92 Å². The average molecular weight is 314 g/mol. The van der Waals surface area contributed by atoms with Crippen molar-refractivity contribution in [3.05, 3.63) is 34.4 Å². The summed E-state index contributed by atoms with van der Waals surface area (Å²) < 4.78 is 24.2. The van der Waals surface area contributed by atoms with Crippen LogP contribution in [0.1, 0.15) is 33.1 Å². The molecule has 0 amide bonds. The fraction of sp³-hybridized carbons (Fsp3) is 0.571. The Balaban J connectivity index is 2.55. The Morgan fingerprint density at radius 1 is 1.29 bits per heavy atom. The molecule has 21 heavy (non-hydrogen) atoms. The molecule has 0 aliphatic carbocycles. The van der Waals surface area contributed by atoms with Crippen LogP contribution in [0.4, 0.5) is 5.69 Å². The Morgan fingerprint density at radius 3 is 2.43 bits per heavy atom. The third kappa shape index (κ3) is 5.81. The van der Waals surface area contributed by atoms with Crippen molar-refractivity contribution in [2.75, 3.05) is 12.3 Å². The molecule has 0 radical (unpaired) electrons. The van der Waals surface area contributed by atoms with Gasteiger partial charge in [0.1, 0.15) is 0 Å².